The number of thioether (sulfide) groups is 1. The minimum absolute atomic E-state index is 0.371. The van der Waals surface area contributed by atoms with Gasteiger partial charge >= 0.3 is 5.97 Å². The van der Waals surface area contributed by atoms with Crippen LogP contribution in [0.2, 0.25) is 0 Å². The maximum Gasteiger partial charge on any atom is 0.335 e. The topological polar surface area (TPSA) is 58.6 Å². The molecule has 5 heteroatoms. The predicted molar refractivity (Wildman–Crippen MR) is 74.8 cm³/mol. The van der Waals surface area contributed by atoms with Gasteiger partial charge in [0.05, 0.1) is 0 Å². The quantitative estimate of drug-likeness (QED) is 0.718. The zero-order chi connectivity index (χ0) is 13.6. The highest BCUT2D eigenvalue weighted by Crippen LogP contribution is 2.29. The molecule has 1 heterocycles. The fourth-order valence-corrected chi connectivity index (χ4v) is 2.73. The Morgan fingerprint density at radius 1 is 1.50 bits per heavy atom. The molecule has 0 amide bonds. The number of aliphatic hydroxyl groups is 1. The van der Waals surface area contributed by atoms with Crippen LogP contribution in [0.1, 0.15) is 33.1 Å². The van der Waals surface area contributed by atoms with E-state index in [1.165, 1.54) is 0 Å². The van der Waals surface area contributed by atoms with Crippen LogP contribution in [0.5, 0.6) is 0 Å². The number of rotatable bonds is 6. The molecule has 1 unspecified atom stereocenters. The normalized spacial score (nSPS) is 19.6. The lowest BCUT2D eigenvalue weighted by Gasteiger charge is -2.37. The molecule has 1 aliphatic rings. The zero-order valence-electron chi connectivity index (χ0n) is 11.6. The Bertz CT molecular complexity index is 265. The van der Waals surface area contributed by atoms with Crippen LogP contribution in [0.25, 0.3) is 0 Å². The summed E-state index contributed by atoms with van der Waals surface area (Å²) in [4.78, 5) is 11.8. The van der Waals surface area contributed by atoms with Crippen molar-refractivity contribution in [3.8, 4) is 0 Å². The highest BCUT2D eigenvalue weighted by Gasteiger charge is 2.35. The number of carbonyl (C=O) groups excluding carboxylic acids is 1. The van der Waals surface area contributed by atoms with Gasteiger partial charge in [0, 0.05) is 5.92 Å². The van der Waals surface area contributed by atoms with Gasteiger partial charge in [0.15, 0.2) is 6.10 Å². The molecule has 1 atom stereocenters. The van der Waals surface area contributed by atoms with Crippen LogP contribution < -0.4 is 5.32 Å². The van der Waals surface area contributed by atoms with Crippen LogP contribution in [0, 0.1) is 5.92 Å². The number of aliphatic hydroxyl groups excluding tert-OH is 1. The van der Waals surface area contributed by atoms with E-state index >= 15 is 0 Å². The van der Waals surface area contributed by atoms with Gasteiger partial charge in [-0.2, -0.15) is 11.8 Å². The van der Waals surface area contributed by atoms with Crippen molar-refractivity contribution in [2.24, 2.45) is 5.92 Å². The molecule has 0 aromatic heterocycles. The van der Waals surface area contributed by atoms with E-state index in [0.717, 1.165) is 31.7 Å². The molecule has 2 N–H and O–H groups in total. The van der Waals surface area contributed by atoms with Crippen LogP contribution >= 0.6 is 11.8 Å². The van der Waals surface area contributed by atoms with E-state index in [9.17, 15) is 9.90 Å². The van der Waals surface area contributed by atoms with Crippen molar-refractivity contribution < 1.29 is 14.6 Å². The fourth-order valence-electron chi connectivity index (χ4n) is 2.28. The highest BCUT2D eigenvalue weighted by molar-refractivity contribution is 7.98. The first-order valence-electron chi connectivity index (χ1n) is 6.58. The standard InChI is InChI=1S/C13H25NO3S/c1-13(2,10-4-7-14-8-5-10)17-12(16)11(15)6-9-18-3/h10-11,14-15H,4-9H2,1-3H3. The molecule has 1 fully saturated rings. The molecule has 0 aliphatic carbocycles. The van der Waals surface area contributed by atoms with Crippen molar-refractivity contribution >= 4 is 17.7 Å². The molecule has 1 saturated heterocycles. The van der Waals surface area contributed by atoms with Crippen molar-refractivity contribution in [3.05, 3.63) is 0 Å². The number of piperidine rings is 1. The Kier molecular flexibility index (Phi) is 6.46. The molecule has 18 heavy (non-hydrogen) atoms. The average molecular weight is 275 g/mol. The minimum atomic E-state index is -0.988. The third kappa shape index (κ3) is 4.78. The minimum Gasteiger partial charge on any atom is -0.457 e. The van der Waals surface area contributed by atoms with Gasteiger partial charge in [-0.3, -0.25) is 0 Å². The molecular weight excluding hydrogens is 250 g/mol. The number of ether oxygens (including phenoxy) is 1. The molecule has 0 saturated carbocycles. The van der Waals surface area contributed by atoms with Crippen molar-refractivity contribution in [1.29, 1.82) is 0 Å². The van der Waals surface area contributed by atoms with Crippen molar-refractivity contribution in [2.45, 2.75) is 44.8 Å². The number of hydrogen-bond acceptors (Lipinski definition) is 5. The summed E-state index contributed by atoms with van der Waals surface area (Å²) < 4.78 is 5.51. The van der Waals surface area contributed by atoms with Crippen molar-refractivity contribution in [2.75, 3.05) is 25.1 Å². The summed E-state index contributed by atoms with van der Waals surface area (Å²) in [5, 5.41) is 13.0. The summed E-state index contributed by atoms with van der Waals surface area (Å²) >= 11 is 1.62. The molecule has 0 bridgehead atoms. The largest absolute Gasteiger partial charge is 0.457 e. The lowest BCUT2D eigenvalue weighted by molar-refractivity contribution is -0.172. The number of hydrogen-bond donors (Lipinski definition) is 2. The van der Waals surface area contributed by atoms with Crippen LogP contribution in [0.3, 0.4) is 0 Å². The van der Waals surface area contributed by atoms with E-state index < -0.39 is 17.7 Å². The Morgan fingerprint density at radius 3 is 2.67 bits per heavy atom. The van der Waals surface area contributed by atoms with Gasteiger partial charge in [-0.1, -0.05) is 0 Å². The number of esters is 1. The highest BCUT2D eigenvalue weighted by atomic mass is 32.2. The summed E-state index contributed by atoms with van der Waals surface area (Å²) in [7, 11) is 0. The second-order valence-corrected chi connectivity index (χ2v) is 6.33. The van der Waals surface area contributed by atoms with E-state index in [0.29, 0.717) is 12.3 Å². The van der Waals surface area contributed by atoms with Crippen LogP contribution in [-0.2, 0) is 9.53 Å². The first kappa shape index (κ1) is 15.8. The van der Waals surface area contributed by atoms with Crippen molar-refractivity contribution in [1.82, 2.24) is 5.32 Å². The third-order valence-electron chi connectivity index (χ3n) is 3.55. The SMILES string of the molecule is CSCCC(O)C(=O)OC(C)(C)C1CCNCC1. The molecule has 0 spiro atoms. The lowest BCUT2D eigenvalue weighted by atomic mass is 9.83. The van der Waals surface area contributed by atoms with Crippen LogP contribution in [-0.4, -0.2) is 47.9 Å². The van der Waals surface area contributed by atoms with Crippen LogP contribution in [0.15, 0.2) is 0 Å². The van der Waals surface area contributed by atoms with E-state index in [1.807, 2.05) is 20.1 Å². The summed E-state index contributed by atoms with van der Waals surface area (Å²) in [6.45, 7) is 5.84. The second kappa shape index (κ2) is 7.36. The smallest absolute Gasteiger partial charge is 0.335 e. The average Bonchev–Trinajstić information content (AvgIpc) is 2.36. The summed E-state index contributed by atoms with van der Waals surface area (Å²) in [5.41, 5.74) is -0.487. The lowest BCUT2D eigenvalue weighted by Crippen LogP contribution is -2.44. The summed E-state index contributed by atoms with van der Waals surface area (Å²) in [6.07, 6.45) is 3.46. The Balaban J connectivity index is 2.45. The summed E-state index contributed by atoms with van der Waals surface area (Å²) in [5.74, 6) is 0.660. The molecule has 4 nitrogen and oxygen atoms in total. The predicted octanol–water partition coefficient (Wildman–Crippen LogP) is 1.42. The molecule has 0 aromatic rings. The van der Waals surface area contributed by atoms with Gasteiger partial charge in [-0.15, -0.1) is 0 Å². The van der Waals surface area contributed by atoms with Gasteiger partial charge < -0.3 is 15.2 Å². The zero-order valence-corrected chi connectivity index (χ0v) is 12.4. The van der Waals surface area contributed by atoms with Gasteiger partial charge in [-0.05, 0) is 58.2 Å². The maximum atomic E-state index is 11.8. The fraction of sp³-hybridized carbons (Fsp3) is 0.923. The first-order chi connectivity index (χ1) is 8.47. The Hall–Kier alpha value is -0.260. The van der Waals surface area contributed by atoms with E-state index in [1.54, 1.807) is 11.8 Å². The Labute approximate surface area is 114 Å². The van der Waals surface area contributed by atoms with Gasteiger partial charge in [0.1, 0.15) is 5.60 Å². The van der Waals surface area contributed by atoms with Crippen molar-refractivity contribution in [3.63, 3.8) is 0 Å². The third-order valence-corrected chi connectivity index (χ3v) is 4.20. The number of nitrogens with one attached hydrogen (secondary N) is 1. The number of carbonyl (C=O) groups is 1. The maximum absolute atomic E-state index is 11.8. The molecule has 106 valence electrons. The molecular formula is C13H25NO3S. The second-order valence-electron chi connectivity index (χ2n) is 5.35. The van der Waals surface area contributed by atoms with Crippen LogP contribution in [0.4, 0.5) is 0 Å². The van der Waals surface area contributed by atoms with E-state index in [2.05, 4.69) is 5.32 Å². The van der Waals surface area contributed by atoms with E-state index in [4.69, 9.17) is 4.74 Å². The molecule has 0 radical (unpaired) electrons. The molecule has 0 aromatic carbocycles. The van der Waals surface area contributed by atoms with Gasteiger partial charge in [0.2, 0.25) is 0 Å². The Morgan fingerprint density at radius 2 is 2.11 bits per heavy atom. The van der Waals surface area contributed by atoms with Gasteiger partial charge in [0.25, 0.3) is 0 Å². The molecule has 1 rings (SSSR count). The van der Waals surface area contributed by atoms with E-state index in [-0.39, 0.29) is 0 Å². The summed E-state index contributed by atoms with van der Waals surface area (Å²) in [6, 6.07) is 0. The monoisotopic (exact) mass is 275 g/mol. The molecule has 1 aliphatic heterocycles. The first-order valence-corrected chi connectivity index (χ1v) is 7.97. The van der Waals surface area contributed by atoms with Gasteiger partial charge in [-0.25, -0.2) is 4.79 Å².